The fourth-order valence-electron chi connectivity index (χ4n) is 2.66. The Kier molecular flexibility index (Phi) is 6.09. The van der Waals surface area contributed by atoms with Gasteiger partial charge in [-0.25, -0.2) is 4.98 Å². The van der Waals surface area contributed by atoms with Crippen LogP contribution in [0.1, 0.15) is 12.0 Å². The van der Waals surface area contributed by atoms with E-state index in [-0.39, 0.29) is 18.1 Å². The molecule has 24 heavy (non-hydrogen) atoms. The highest BCUT2D eigenvalue weighted by Crippen LogP contribution is 2.22. The lowest BCUT2D eigenvalue weighted by atomic mass is 10.2. The fourth-order valence-corrected chi connectivity index (χ4v) is 2.66. The first-order valence-corrected chi connectivity index (χ1v) is 7.79. The molecule has 0 bridgehead atoms. The second-order valence-electron chi connectivity index (χ2n) is 5.68. The number of anilines is 1. The average Bonchev–Trinajstić information content (AvgIpc) is 2.78. The molecule has 0 radical (unpaired) electrons. The molecule has 1 aromatic rings. The number of nitro groups is 1. The minimum Gasteiger partial charge on any atom is -0.355 e. The molecule has 0 saturated carbocycles. The first kappa shape index (κ1) is 17.7. The van der Waals surface area contributed by atoms with Crippen molar-refractivity contribution < 1.29 is 9.72 Å². The zero-order valence-electron chi connectivity index (χ0n) is 13.7. The topological polar surface area (TPSA) is 91.6 Å². The molecule has 1 aromatic heterocycles. The van der Waals surface area contributed by atoms with Gasteiger partial charge in [-0.15, -0.1) is 6.42 Å². The van der Waals surface area contributed by atoms with Crippen molar-refractivity contribution in [2.45, 2.75) is 13.3 Å². The number of nitrogens with one attached hydrogen (secondary N) is 1. The summed E-state index contributed by atoms with van der Waals surface area (Å²) < 4.78 is 0. The van der Waals surface area contributed by atoms with Crippen molar-refractivity contribution in [3.05, 3.63) is 27.9 Å². The highest BCUT2D eigenvalue weighted by Gasteiger charge is 2.19. The molecule has 1 N–H and O–H groups in total. The molecule has 1 amide bonds. The van der Waals surface area contributed by atoms with Crippen molar-refractivity contribution in [3.8, 4) is 12.3 Å². The second kappa shape index (κ2) is 8.26. The standard InChI is InChI=1S/C16H21N5O3/c1-3-5-17-16(22)12-19-6-4-7-20(9-8-19)15-10-13(2)14(11-18-15)21(23)24/h1,10-11H,4-9,12H2,2H3,(H,17,22). The van der Waals surface area contributed by atoms with E-state index in [1.54, 1.807) is 13.0 Å². The van der Waals surface area contributed by atoms with Crippen LogP contribution in [-0.4, -0.2) is 60.0 Å². The van der Waals surface area contributed by atoms with Crippen molar-refractivity contribution in [2.24, 2.45) is 0 Å². The smallest absolute Gasteiger partial charge is 0.290 e. The monoisotopic (exact) mass is 331 g/mol. The first-order chi connectivity index (χ1) is 11.5. The van der Waals surface area contributed by atoms with Gasteiger partial charge in [0.2, 0.25) is 5.91 Å². The Morgan fingerprint density at radius 1 is 1.46 bits per heavy atom. The third-order valence-electron chi connectivity index (χ3n) is 3.93. The SMILES string of the molecule is C#CCNC(=O)CN1CCCN(c2cc(C)c([N+](=O)[O-])cn2)CC1. The number of pyridine rings is 1. The van der Waals surface area contributed by atoms with Gasteiger partial charge in [0.05, 0.1) is 18.0 Å². The summed E-state index contributed by atoms with van der Waals surface area (Å²) in [7, 11) is 0. The van der Waals surface area contributed by atoms with Crippen LogP contribution in [0.4, 0.5) is 11.5 Å². The van der Waals surface area contributed by atoms with Crippen molar-refractivity contribution in [1.29, 1.82) is 0 Å². The highest BCUT2D eigenvalue weighted by atomic mass is 16.6. The molecule has 0 unspecified atom stereocenters. The van der Waals surface area contributed by atoms with Crippen LogP contribution in [0.5, 0.6) is 0 Å². The van der Waals surface area contributed by atoms with E-state index >= 15 is 0 Å². The third-order valence-corrected chi connectivity index (χ3v) is 3.93. The lowest BCUT2D eigenvalue weighted by Crippen LogP contribution is -2.39. The van der Waals surface area contributed by atoms with Crippen molar-refractivity contribution >= 4 is 17.4 Å². The van der Waals surface area contributed by atoms with Gasteiger partial charge in [0.25, 0.3) is 5.69 Å². The van der Waals surface area contributed by atoms with Gasteiger partial charge in [-0.05, 0) is 19.4 Å². The lowest BCUT2D eigenvalue weighted by Gasteiger charge is -2.22. The van der Waals surface area contributed by atoms with E-state index in [4.69, 9.17) is 6.42 Å². The molecular formula is C16H21N5O3. The van der Waals surface area contributed by atoms with E-state index in [2.05, 4.69) is 26.0 Å². The molecule has 2 heterocycles. The summed E-state index contributed by atoms with van der Waals surface area (Å²) in [6, 6.07) is 1.74. The molecule has 128 valence electrons. The molecule has 1 fully saturated rings. The Balaban J connectivity index is 1.96. The van der Waals surface area contributed by atoms with Crippen LogP contribution in [-0.2, 0) is 4.79 Å². The molecule has 1 aliphatic rings. The maximum absolute atomic E-state index is 11.7. The summed E-state index contributed by atoms with van der Waals surface area (Å²) in [5.41, 5.74) is 0.625. The van der Waals surface area contributed by atoms with Gasteiger partial charge < -0.3 is 10.2 Å². The van der Waals surface area contributed by atoms with Crippen molar-refractivity contribution in [2.75, 3.05) is 44.2 Å². The number of nitrogens with zero attached hydrogens (tertiary/aromatic N) is 4. The second-order valence-corrected chi connectivity index (χ2v) is 5.68. The Labute approximate surface area is 141 Å². The zero-order chi connectivity index (χ0) is 17.5. The number of carbonyl (C=O) groups excluding carboxylic acids is 1. The van der Waals surface area contributed by atoms with E-state index < -0.39 is 4.92 Å². The summed E-state index contributed by atoms with van der Waals surface area (Å²) in [5.74, 6) is 3.03. The van der Waals surface area contributed by atoms with Crippen LogP contribution in [0.3, 0.4) is 0 Å². The molecule has 0 aromatic carbocycles. The number of hydrogen-bond donors (Lipinski definition) is 1. The van der Waals surface area contributed by atoms with Gasteiger partial charge in [0, 0.05) is 31.7 Å². The fraction of sp³-hybridized carbons (Fsp3) is 0.500. The van der Waals surface area contributed by atoms with E-state index in [1.807, 2.05) is 0 Å². The lowest BCUT2D eigenvalue weighted by molar-refractivity contribution is -0.385. The number of carbonyl (C=O) groups is 1. The molecule has 8 nitrogen and oxygen atoms in total. The molecule has 0 atom stereocenters. The molecule has 1 saturated heterocycles. The van der Waals surface area contributed by atoms with Gasteiger partial charge in [0.15, 0.2) is 0 Å². The Hall–Kier alpha value is -2.66. The van der Waals surface area contributed by atoms with Crippen LogP contribution in [0, 0.1) is 29.4 Å². The summed E-state index contributed by atoms with van der Waals surface area (Å²) in [6.07, 6.45) is 7.32. The predicted octanol–water partition coefficient (Wildman–Crippen LogP) is 0.560. The number of rotatable bonds is 5. The van der Waals surface area contributed by atoms with Gasteiger partial charge in [0.1, 0.15) is 12.0 Å². The largest absolute Gasteiger partial charge is 0.355 e. The maximum atomic E-state index is 11.7. The normalized spacial score (nSPS) is 15.4. The minimum atomic E-state index is -0.426. The molecule has 1 aliphatic heterocycles. The number of terminal acetylenes is 1. The number of hydrogen-bond acceptors (Lipinski definition) is 6. The first-order valence-electron chi connectivity index (χ1n) is 7.79. The van der Waals surface area contributed by atoms with Crippen LogP contribution in [0.2, 0.25) is 0 Å². The minimum absolute atomic E-state index is 0.0281. The Bertz CT molecular complexity index is 656. The molecular weight excluding hydrogens is 310 g/mol. The van der Waals surface area contributed by atoms with Gasteiger partial charge in [-0.3, -0.25) is 19.8 Å². The van der Waals surface area contributed by atoms with Gasteiger partial charge in [-0.1, -0.05) is 5.92 Å². The van der Waals surface area contributed by atoms with Crippen LogP contribution in [0.15, 0.2) is 12.3 Å². The quantitative estimate of drug-likeness (QED) is 0.481. The summed E-state index contributed by atoms with van der Waals surface area (Å²) in [5, 5.41) is 13.5. The zero-order valence-corrected chi connectivity index (χ0v) is 13.7. The van der Waals surface area contributed by atoms with Crippen LogP contribution < -0.4 is 10.2 Å². The molecule has 0 spiro atoms. The van der Waals surface area contributed by atoms with Crippen LogP contribution >= 0.6 is 0 Å². The van der Waals surface area contributed by atoms with Gasteiger partial charge >= 0.3 is 0 Å². The molecule has 0 aliphatic carbocycles. The summed E-state index contributed by atoms with van der Waals surface area (Å²) in [6.45, 7) is 5.32. The highest BCUT2D eigenvalue weighted by molar-refractivity contribution is 5.78. The van der Waals surface area contributed by atoms with E-state index in [0.29, 0.717) is 18.7 Å². The Morgan fingerprint density at radius 3 is 2.92 bits per heavy atom. The molecule has 2 rings (SSSR count). The summed E-state index contributed by atoms with van der Waals surface area (Å²) >= 11 is 0. The van der Waals surface area contributed by atoms with Crippen molar-refractivity contribution in [1.82, 2.24) is 15.2 Å². The third kappa shape index (κ3) is 4.67. The Morgan fingerprint density at radius 2 is 2.25 bits per heavy atom. The van der Waals surface area contributed by atoms with E-state index in [9.17, 15) is 14.9 Å². The van der Waals surface area contributed by atoms with E-state index in [0.717, 1.165) is 31.9 Å². The number of aromatic nitrogens is 1. The van der Waals surface area contributed by atoms with Gasteiger partial charge in [-0.2, -0.15) is 0 Å². The van der Waals surface area contributed by atoms with Crippen molar-refractivity contribution in [3.63, 3.8) is 0 Å². The molecule has 8 heteroatoms. The number of aryl methyl sites for hydroxylation is 1. The average molecular weight is 331 g/mol. The van der Waals surface area contributed by atoms with E-state index in [1.165, 1.54) is 6.20 Å². The van der Waals surface area contributed by atoms with Crippen LogP contribution in [0.25, 0.3) is 0 Å². The summed E-state index contributed by atoms with van der Waals surface area (Å²) in [4.78, 5) is 30.6. The predicted molar refractivity (Wildman–Crippen MR) is 90.7 cm³/mol. The number of amides is 1. The maximum Gasteiger partial charge on any atom is 0.290 e.